The zero-order valence-corrected chi connectivity index (χ0v) is 13.3. The molecule has 19 heavy (non-hydrogen) atoms. The highest BCUT2D eigenvalue weighted by Gasteiger charge is 2.30. The first-order valence-electron chi connectivity index (χ1n) is 7.61. The summed E-state index contributed by atoms with van der Waals surface area (Å²) in [6.45, 7) is 12.2. The first-order valence-corrected chi connectivity index (χ1v) is 8.05. The summed E-state index contributed by atoms with van der Waals surface area (Å²) in [5.41, 5.74) is 2.83. The van der Waals surface area contributed by atoms with Crippen molar-refractivity contribution in [3.05, 3.63) is 11.1 Å². The molecule has 2 aliphatic rings. The molecule has 1 N–H and O–H groups in total. The smallest absolute Gasteiger partial charge is 0.109 e. The van der Waals surface area contributed by atoms with Crippen molar-refractivity contribution in [3.63, 3.8) is 0 Å². The molecule has 2 saturated heterocycles. The standard InChI is InChI=1S/C15H28ClN3/c1-12(2)14(15(16)19-10-7-17-11-19)13(3)18-8-5-4-6-9-18/h13,15,17H,4-11H2,1-3H3. The van der Waals surface area contributed by atoms with Crippen LogP contribution in [0.4, 0.5) is 0 Å². The van der Waals surface area contributed by atoms with Crippen molar-refractivity contribution in [2.24, 2.45) is 0 Å². The topological polar surface area (TPSA) is 18.5 Å². The lowest BCUT2D eigenvalue weighted by molar-refractivity contribution is 0.181. The normalized spacial score (nSPS) is 25.3. The van der Waals surface area contributed by atoms with Gasteiger partial charge in [0.25, 0.3) is 0 Å². The largest absolute Gasteiger partial charge is 0.303 e. The molecule has 2 fully saturated rings. The van der Waals surface area contributed by atoms with Crippen LogP contribution in [0.15, 0.2) is 11.1 Å². The van der Waals surface area contributed by atoms with Gasteiger partial charge < -0.3 is 5.32 Å². The van der Waals surface area contributed by atoms with Gasteiger partial charge in [-0.1, -0.05) is 12.0 Å². The van der Waals surface area contributed by atoms with E-state index < -0.39 is 0 Å². The Morgan fingerprint density at radius 2 is 1.74 bits per heavy atom. The average Bonchev–Trinajstić information content (AvgIpc) is 2.93. The Bertz CT molecular complexity index is 313. The molecule has 0 amide bonds. The van der Waals surface area contributed by atoms with Gasteiger partial charge in [0.05, 0.1) is 0 Å². The van der Waals surface area contributed by atoms with Crippen LogP contribution < -0.4 is 5.32 Å². The minimum atomic E-state index is 0.0388. The Hall–Kier alpha value is -0.0900. The van der Waals surface area contributed by atoms with Crippen molar-refractivity contribution in [3.8, 4) is 0 Å². The predicted molar refractivity (Wildman–Crippen MR) is 82.5 cm³/mol. The van der Waals surface area contributed by atoms with E-state index in [4.69, 9.17) is 11.6 Å². The van der Waals surface area contributed by atoms with Crippen LogP contribution in [-0.2, 0) is 0 Å². The van der Waals surface area contributed by atoms with Crippen LogP contribution >= 0.6 is 11.6 Å². The maximum atomic E-state index is 6.76. The molecule has 2 atom stereocenters. The molecule has 110 valence electrons. The zero-order valence-electron chi connectivity index (χ0n) is 12.6. The van der Waals surface area contributed by atoms with Gasteiger partial charge >= 0.3 is 0 Å². The van der Waals surface area contributed by atoms with Gasteiger partial charge in [-0.15, -0.1) is 11.6 Å². The van der Waals surface area contributed by atoms with Gasteiger partial charge in [-0.2, -0.15) is 0 Å². The van der Waals surface area contributed by atoms with Gasteiger partial charge in [-0.05, 0) is 52.3 Å². The highest BCUT2D eigenvalue weighted by Crippen LogP contribution is 2.27. The Morgan fingerprint density at radius 3 is 2.26 bits per heavy atom. The van der Waals surface area contributed by atoms with Crippen molar-refractivity contribution in [1.82, 2.24) is 15.1 Å². The fourth-order valence-corrected chi connectivity index (χ4v) is 3.84. The Kier molecular flexibility index (Phi) is 5.70. The van der Waals surface area contributed by atoms with Gasteiger partial charge in [-0.25, -0.2) is 0 Å². The Labute approximate surface area is 123 Å². The van der Waals surface area contributed by atoms with E-state index in [0.717, 1.165) is 19.8 Å². The summed E-state index contributed by atoms with van der Waals surface area (Å²) in [6, 6.07) is 0.466. The maximum absolute atomic E-state index is 6.76. The van der Waals surface area contributed by atoms with E-state index in [0.29, 0.717) is 6.04 Å². The number of hydrogen-bond donors (Lipinski definition) is 1. The molecule has 0 aliphatic carbocycles. The number of allylic oxidation sites excluding steroid dienone is 1. The lowest BCUT2D eigenvalue weighted by Gasteiger charge is -2.37. The number of hydrogen-bond acceptors (Lipinski definition) is 3. The van der Waals surface area contributed by atoms with Gasteiger partial charge in [0.1, 0.15) is 5.50 Å². The molecule has 2 unspecified atom stereocenters. The number of alkyl halides is 1. The van der Waals surface area contributed by atoms with Crippen LogP contribution in [0.5, 0.6) is 0 Å². The SMILES string of the molecule is CC(C)=C(C(C)N1CCCCC1)C(Cl)N1CCNC1. The van der Waals surface area contributed by atoms with Gasteiger partial charge in [-0.3, -0.25) is 9.80 Å². The Morgan fingerprint density at radius 1 is 1.05 bits per heavy atom. The number of nitrogens with zero attached hydrogens (tertiary/aromatic N) is 2. The molecule has 0 bridgehead atoms. The van der Waals surface area contributed by atoms with E-state index in [9.17, 15) is 0 Å². The summed E-state index contributed by atoms with van der Waals surface area (Å²) >= 11 is 6.76. The van der Waals surface area contributed by atoms with Gasteiger partial charge in [0.2, 0.25) is 0 Å². The molecule has 2 heterocycles. The highest BCUT2D eigenvalue weighted by molar-refractivity contribution is 6.22. The summed E-state index contributed by atoms with van der Waals surface area (Å²) in [6.07, 6.45) is 4.05. The predicted octanol–water partition coefficient (Wildman–Crippen LogP) is 2.62. The van der Waals surface area contributed by atoms with Crippen LogP contribution in [0.25, 0.3) is 0 Å². The molecule has 0 aromatic heterocycles. The first kappa shape index (κ1) is 15.3. The average molecular weight is 286 g/mol. The number of likely N-dealkylation sites (tertiary alicyclic amines) is 1. The monoisotopic (exact) mass is 285 g/mol. The molecule has 4 heteroatoms. The van der Waals surface area contributed by atoms with E-state index >= 15 is 0 Å². The minimum Gasteiger partial charge on any atom is -0.303 e. The second kappa shape index (κ2) is 7.07. The third kappa shape index (κ3) is 3.72. The third-order valence-electron chi connectivity index (χ3n) is 4.43. The maximum Gasteiger partial charge on any atom is 0.109 e. The van der Waals surface area contributed by atoms with Crippen LogP contribution in [0, 0.1) is 0 Å². The fraction of sp³-hybridized carbons (Fsp3) is 0.867. The molecular weight excluding hydrogens is 258 g/mol. The number of piperidine rings is 1. The van der Waals surface area contributed by atoms with Gasteiger partial charge in [0, 0.05) is 25.8 Å². The Balaban J connectivity index is 2.08. The summed E-state index contributed by atoms with van der Waals surface area (Å²) in [5, 5.41) is 3.37. The van der Waals surface area contributed by atoms with E-state index in [-0.39, 0.29) is 5.50 Å². The van der Waals surface area contributed by atoms with Crippen LogP contribution in [0.1, 0.15) is 40.0 Å². The molecule has 0 aromatic carbocycles. The quantitative estimate of drug-likeness (QED) is 0.487. The summed E-state index contributed by atoms with van der Waals surface area (Å²) in [7, 11) is 0. The molecule has 0 radical (unpaired) electrons. The van der Waals surface area contributed by atoms with Crippen LogP contribution in [-0.4, -0.2) is 54.2 Å². The van der Waals surface area contributed by atoms with E-state index in [1.807, 2.05) is 0 Å². The molecule has 2 rings (SSSR count). The van der Waals surface area contributed by atoms with Crippen molar-refractivity contribution < 1.29 is 0 Å². The van der Waals surface area contributed by atoms with Crippen LogP contribution in [0.3, 0.4) is 0 Å². The van der Waals surface area contributed by atoms with Crippen molar-refractivity contribution in [2.45, 2.75) is 51.6 Å². The molecular formula is C15H28ClN3. The van der Waals surface area contributed by atoms with E-state index in [1.165, 1.54) is 43.5 Å². The lowest BCUT2D eigenvalue weighted by atomic mass is 9.99. The summed E-state index contributed by atoms with van der Waals surface area (Å²) < 4.78 is 0. The lowest BCUT2D eigenvalue weighted by Crippen LogP contribution is -2.44. The molecule has 2 aliphatic heterocycles. The minimum absolute atomic E-state index is 0.0388. The fourth-order valence-electron chi connectivity index (χ4n) is 3.27. The summed E-state index contributed by atoms with van der Waals surface area (Å²) in [4.78, 5) is 4.94. The molecule has 0 spiro atoms. The number of rotatable bonds is 4. The second-order valence-corrected chi connectivity index (χ2v) is 6.45. The second-order valence-electron chi connectivity index (χ2n) is 6.03. The van der Waals surface area contributed by atoms with Gasteiger partial charge in [0.15, 0.2) is 0 Å². The molecule has 0 aromatic rings. The third-order valence-corrected chi connectivity index (χ3v) is 4.94. The van der Waals surface area contributed by atoms with E-state index in [2.05, 4.69) is 35.9 Å². The van der Waals surface area contributed by atoms with Crippen molar-refractivity contribution in [2.75, 3.05) is 32.8 Å². The van der Waals surface area contributed by atoms with E-state index in [1.54, 1.807) is 0 Å². The first-order chi connectivity index (χ1) is 9.11. The number of halogens is 1. The number of nitrogens with one attached hydrogen (secondary N) is 1. The zero-order chi connectivity index (χ0) is 13.8. The molecule has 3 nitrogen and oxygen atoms in total. The highest BCUT2D eigenvalue weighted by atomic mass is 35.5. The van der Waals surface area contributed by atoms with Crippen molar-refractivity contribution >= 4 is 11.6 Å². The summed E-state index contributed by atoms with van der Waals surface area (Å²) in [5.74, 6) is 0. The van der Waals surface area contributed by atoms with Crippen LogP contribution in [0.2, 0.25) is 0 Å². The van der Waals surface area contributed by atoms with Crippen molar-refractivity contribution in [1.29, 1.82) is 0 Å². The molecule has 0 saturated carbocycles.